The molecule has 8 nitrogen and oxygen atoms in total. The van der Waals surface area contributed by atoms with E-state index in [0.29, 0.717) is 24.0 Å². The molecule has 4 atom stereocenters. The zero-order valence-corrected chi connectivity index (χ0v) is 17.3. The molecule has 1 aliphatic heterocycles. The highest BCUT2D eigenvalue weighted by atomic mass is 32.1. The van der Waals surface area contributed by atoms with Crippen LogP contribution in [-0.4, -0.2) is 56.1 Å². The van der Waals surface area contributed by atoms with E-state index in [1.54, 1.807) is 21.9 Å². The number of rotatable bonds is 3. The topological polar surface area (TPSA) is 95.7 Å². The minimum atomic E-state index is -0.546. The van der Waals surface area contributed by atoms with Crippen LogP contribution in [0.5, 0.6) is 0 Å². The Kier molecular flexibility index (Phi) is 4.51. The average molecular weight is 413 g/mol. The van der Waals surface area contributed by atoms with Crippen LogP contribution in [0.2, 0.25) is 0 Å². The smallest absolute Gasteiger partial charge is 0.272 e. The number of hydrogen-bond acceptors (Lipinski definition) is 7. The fraction of sp³-hybridized carbons (Fsp3) is 0.500. The number of nitrogens with one attached hydrogen (secondary N) is 1. The van der Waals surface area contributed by atoms with Crippen molar-refractivity contribution in [3.63, 3.8) is 0 Å². The molecule has 2 fully saturated rings. The van der Waals surface area contributed by atoms with Gasteiger partial charge in [-0.3, -0.25) is 4.79 Å². The summed E-state index contributed by atoms with van der Waals surface area (Å²) in [6.07, 6.45) is 2.76. The van der Waals surface area contributed by atoms with Crippen molar-refractivity contribution >= 4 is 27.9 Å². The molecule has 29 heavy (non-hydrogen) atoms. The number of aromatic nitrogens is 4. The van der Waals surface area contributed by atoms with Gasteiger partial charge < -0.3 is 15.3 Å². The number of aliphatic hydroxyl groups excluding tert-OH is 1. The van der Waals surface area contributed by atoms with E-state index < -0.39 is 6.10 Å². The molecule has 0 aromatic carbocycles. The molecule has 4 heterocycles. The molecule has 3 aromatic rings. The Labute approximate surface area is 172 Å². The summed E-state index contributed by atoms with van der Waals surface area (Å²) in [6, 6.07) is 5.48. The Morgan fingerprint density at radius 3 is 2.76 bits per heavy atom. The van der Waals surface area contributed by atoms with Crippen molar-refractivity contribution in [2.75, 3.05) is 18.0 Å². The third-order valence-corrected chi connectivity index (χ3v) is 7.00. The van der Waals surface area contributed by atoms with Gasteiger partial charge in [-0.2, -0.15) is 5.10 Å². The zero-order chi connectivity index (χ0) is 20.1. The SMILES string of the molecule is Cc1ccn2nc(C(=O)N[C@H]3C[C@H]4CN(c5nnc(C)s5)C[C@H]4C[C@@H]3O)cc2c1. The fourth-order valence-electron chi connectivity index (χ4n) is 4.61. The van der Waals surface area contributed by atoms with Gasteiger partial charge in [0.15, 0.2) is 5.69 Å². The lowest BCUT2D eigenvalue weighted by atomic mass is 9.77. The summed E-state index contributed by atoms with van der Waals surface area (Å²) in [4.78, 5) is 15.0. The molecule has 1 aliphatic carbocycles. The number of nitrogens with zero attached hydrogens (tertiary/aromatic N) is 5. The van der Waals surface area contributed by atoms with Crippen molar-refractivity contribution in [1.29, 1.82) is 0 Å². The van der Waals surface area contributed by atoms with Crippen LogP contribution in [0.1, 0.15) is 33.9 Å². The molecule has 1 saturated carbocycles. The number of anilines is 1. The van der Waals surface area contributed by atoms with Gasteiger partial charge in [0, 0.05) is 19.3 Å². The summed E-state index contributed by atoms with van der Waals surface area (Å²) in [7, 11) is 0. The fourth-order valence-corrected chi connectivity index (χ4v) is 5.32. The first-order chi connectivity index (χ1) is 14.0. The van der Waals surface area contributed by atoms with Gasteiger partial charge >= 0.3 is 0 Å². The summed E-state index contributed by atoms with van der Waals surface area (Å²) in [5, 5.41) is 28.3. The summed E-state index contributed by atoms with van der Waals surface area (Å²) < 4.78 is 1.70. The van der Waals surface area contributed by atoms with Crippen molar-refractivity contribution in [1.82, 2.24) is 25.1 Å². The molecular formula is C20H24N6O2S. The highest BCUT2D eigenvalue weighted by Gasteiger charge is 2.43. The second-order valence-electron chi connectivity index (χ2n) is 8.25. The van der Waals surface area contributed by atoms with Gasteiger partial charge in [-0.05, 0) is 62.3 Å². The normalized spacial score (nSPS) is 26.7. The number of amides is 1. The third-order valence-electron chi connectivity index (χ3n) is 6.10. The lowest BCUT2D eigenvalue weighted by Crippen LogP contribution is -2.49. The molecule has 152 valence electrons. The summed E-state index contributed by atoms with van der Waals surface area (Å²) in [6.45, 7) is 5.75. The first kappa shape index (κ1) is 18.5. The molecule has 0 bridgehead atoms. The van der Waals surface area contributed by atoms with E-state index in [1.165, 1.54) is 0 Å². The van der Waals surface area contributed by atoms with E-state index >= 15 is 0 Å². The highest BCUT2D eigenvalue weighted by molar-refractivity contribution is 7.15. The summed E-state index contributed by atoms with van der Waals surface area (Å²) in [5.74, 6) is 0.612. The number of aryl methyl sites for hydroxylation is 2. The lowest BCUT2D eigenvalue weighted by Gasteiger charge is -2.35. The number of aliphatic hydroxyl groups is 1. The summed E-state index contributed by atoms with van der Waals surface area (Å²) >= 11 is 1.60. The van der Waals surface area contributed by atoms with E-state index in [-0.39, 0.29) is 11.9 Å². The third kappa shape index (κ3) is 3.49. The maximum atomic E-state index is 12.8. The van der Waals surface area contributed by atoms with Crippen LogP contribution in [0.4, 0.5) is 5.13 Å². The van der Waals surface area contributed by atoms with Crippen LogP contribution in [0, 0.1) is 25.7 Å². The van der Waals surface area contributed by atoms with Gasteiger partial charge in [0.1, 0.15) is 5.01 Å². The van der Waals surface area contributed by atoms with Crippen molar-refractivity contribution < 1.29 is 9.90 Å². The Morgan fingerprint density at radius 1 is 1.21 bits per heavy atom. The number of carbonyl (C=O) groups is 1. The average Bonchev–Trinajstić information content (AvgIpc) is 3.39. The molecule has 2 N–H and O–H groups in total. The van der Waals surface area contributed by atoms with E-state index in [4.69, 9.17) is 0 Å². The van der Waals surface area contributed by atoms with Crippen LogP contribution in [0.15, 0.2) is 24.4 Å². The van der Waals surface area contributed by atoms with Crippen LogP contribution in [0.25, 0.3) is 5.52 Å². The Hall–Kier alpha value is -2.52. The van der Waals surface area contributed by atoms with Gasteiger partial charge in [0.25, 0.3) is 5.91 Å². The molecule has 0 radical (unpaired) electrons. The van der Waals surface area contributed by atoms with E-state index in [2.05, 4.69) is 25.5 Å². The van der Waals surface area contributed by atoms with E-state index in [0.717, 1.165) is 40.7 Å². The predicted molar refractivity (Wildman–Crippen MR) is 110 cm³/mol. The van der Waals surface area contributed by atoms with Crippen LogP contribution in [0.3, 0.4) is 0 Å². The Bertz CT molecular complexity index is 1060. The van der Waals surface area contributed by atoms with Crippen molar-refractivity contribution in [2.24, 2.45) is 11.8 Å². The molecule has 1 saturated heterocycles. The molecule has 9 heteroatoms. The minimum Gasteiger partial charge on any atom is -0.391 e. The molecular weight excluding hydrogens is 388 g/mol. The first-order valence-corrected chi connectivity index (χ1v) is 10.8. The molecule has 1 amide bonds. The van der Waals surface area contributed by atoms with E-state index in [1.807, 2.05) is 32.2 Å². The van der Waals surface area contributed by atoms with Crippen LogP contribution >= 0.6 is 11.3 Å². The minimum absolute atomic E-state index is 0.233. The Balaban J connectivity index is 1.27. The van der Waals surface area contributed by atoms with Crippen molar-refractivity contribution in [3.8, 4) is 0 Å². The molecule has 3 aromatic heterocycles. The lowest BCUT2D eigenvalue weighted by molar-refractivity contribution is 0.0460. The Morgan fingerprint density at radius 2 is 2.00 bits per heavy atom. The van der Waals surface area contributed by atoms with Gasteiger partial charge in [0.2, 0.25) is 5.13 Å². The zero-order valence-electron chi connectivity index (χ0n) is 16.4. The maximum Gasteiger partial charge on any atom is 0.272 e. The molecule has 0 unspecified atom stereocenters. The second kappa shape index (κ2) is 7.07. The number of carbonyl (C=O) groups excluding carboxylic acids is 1. The number of fused-ring (bicyclic) bond motifs is 2. The molecule has 5 rings (SSSR count). The largest absolute Gasteiger partial charge is 0.391 e. The number of pyridine rings is 1. The standard InChI is InChI=1S/C20H24N6O2S/c1-11-3-4-26-15(5-11)8-17(24-26)19(28)21-16-6-13-9-25(10-14(13)7-18(16)27)20-23-22-12(2)29-20/h3-5,8,13-14,16,18,27H,6-7,9-10H2,1-2H3,(H,21,28)/t13-,14+,16-,18-/m0/s1. The van der Waals surface area contributed by atoms with Crippen molar-refractivity contribution in [3.05, 3.63) is 40.7 Å². The monoisotopic (exact) mass is 412 g/mol. The van der Waals surface area contributed by atoms with Crippen molar-refractivity contribution in [2.45, 2.75) is 38.8 Å². The quantitative estimate of drug-likeness (QED) is 0.681. The predicted octanol–water partition coefficient (Wildman–Crippen LogP) is 1.81. The first-order valence-electron chi connectivity index (χ1n) is 9.96. The number of hydrogen-bond donors (Lipinski definition) is 2. The maximum absolute atomic E-state index is 12.8. The van der Waals surface area contributed by atoms with Gasteiger partial charge in [-0.1, -0.05) is 11.3 Å². The summed E-state index contributed by atoms with van der Waals surface area (Å²) in [5.41, 5.74) is 2.38. The van der Waals surface area contributed by atoms with E-state index in [9.17, 15) is 9.90 Å². The molecule has 2 aliphatic rings. The highest BCUT2D eigenvalue weighted by Crippen LogP contribution is 2.39. The van der Waals surface area contributed by atoms with Gasteiger partial charge in [0.05, 0.1) is 17.7 Å². The van der Waals surface area contributed by atoms with Crippen LogP contribution in [-0.2, 0) is 0 Å². The van der Waals surface area contributed by atoms with Gasteiger partial charge in [-0.25, -0.2) is 4.52 Å². The molecule has 0 spiro atoms. The second-order valence-corrected chi connectivity index (χ2v) is 9.41. The van der Waals surface area contributed by atoms with Gasteiger partial charge in [-0.15, -0.1) is 10.2 Å². The van der Waals surface area contributed by atoms with Crippen LogP contribution < -0.4 is 10.2 Å².